The first-order chi connectivity index (χ1) is 12.8. The fourth-order valence-electron chi connectivity index (χ4n) is 3.73. The molecule has 0 spiro atoms. The summed E-state index contributed by atoms with van der Waals surface area (Å²) in [6.45, 7) is 4.59. The number of rotatable bonds is 5. The number of phenolic OH excluding ortho intramolecular Hbond substituents is 1. The number of aliphatic hydroxyl groups excluding tert-OH is 1. The van der Waals surface area contributed by atoms with Gasteiger partial charge in [-0.25, -0.2) is 0 Å². The highest BCUT2D eigenvalue weighted by atomic mass is 32.1. The lowest BCUT2D eigenvalue weighted by molar-refractivity contribution is 0.0947. The molecule has 6 heteroatoms. The molecular weight excluding hydrogens is 346 g/mol. The SMILES string of the molecule is OCCN1CCN([C@H](c2cccs2)c2ccc3cccnc3c2O)CC1. The number of hydrogen-bond donors (Lipinski definition) is 2. The third-order valence-corrected chi connectivity index (χ3v) is 6.00. The second-order valence-electron chi connectivity index (χ2n) is 6.60. The first-order valence-electron chi connectivity index (χ1n) is 8.95. The van der Waals surface area contributed by atoms with Crippen molar-refractivity contribution in [1.82, 2.24) is 14.8 Å². The Morgan fingerprint density at radius 3 is 2.65 bits per heavy atom. The average molecular weight is 369 g/mol. The summed E-state index contributed by atoms with van der Waals surface area (Å²) in [5.41, 5.74) is 1.57. The number of thiophene rings is 1. The summed E-state index contributed by atoms with van der Waals surface area (Å²) in [6.07, 6.45) is 1.72. The van der Waals surface area contributed by atoms with Crippen LogP contribution in [0.3, 0.4) is 0 Å². The van der Waals surface area contributed by atoms with Crippen molar-refractivity contribution < 1.29 is 10.2 Å². The minimum atomic E-state index is 0.0256. The Labute approximate surface area is 157 Å². The number of phenols is 1. The molecule has 0 radical (unpaired) electrons. The van der Waals surface area contributed by atoms with Gasteiger partial charge < -0.3 is 10.2 Å². The maximum atomic E-state index is 11.0. The molecule has 1 atom stereocenters. The van der Waals surface area contributed by atoms with Gasteiger partial charge in [0, 0.05) is 54.7 Å². The number of benzene rings is 1. The van der Waals surface area contributed by atoms with E-state index >= 15 is 0 Å². The van der Waals surface area contributed by atoms with Gasteiger partial charge in [-0.1, -0.05) is 24.3 Å². The van der Waals surface area contributed by atoms with Crippen LogP contribution in [0.25, 0.3) is 10.9 Å². The Kier molecular flexibility index (Phi) is 5.17. The Morgan fingerprint density at radius 1 is 1.08 bits per heavy atom. The zero-order chi connectivity index (χ0) is 17.9. The Bertz CT molecular complexity index is 861. The van der Waals surface area contributed by atoms with Crippen molar-refractivity contribution in [3.8, 4) is 5.75 Å². The molecule has 0 saturated carbocycles. The molecule has 2 N–H and O–H groups in total. The minimum absolute atomic E-state index is 0.0256. The summed E-state index contributed by atoms with van der Waals surface area (Å²) in [5.74, 6) is 0.277. The monoisotopic (exact) mass is 369 g/mol. The summed E-state index contributed by atoms with van der Waals surface area (Å²) < 4.78 is 0. The first-order valence-corrected chi connectivity index (χ1v) is 9.83. The van der Waals surface area contributed by atoms with Crippen LogP contribution >= 0.6 is 11.3 Å². The molecule has 0 amide bonds. The van der Waals surface area contributed by atoms with Crippen LogP contribution in [-0.2, 0) is 0 Å². The maximum Gasteiger partial charge on any atom is 0.146 e. The minimum Gasteiger partial charge on any atom is -0.505 e. The Balaban J connectivity index is 1.70. The van der Waals surface area contributed by atoms with Crippen molar-refractivity contribution in [2.24, 2.45) is 0 Å². The highest BCUT2D eigenvalue weighted by Crippen LogP contribution is 2.39. The van der Waals surface area contributed by atoms with Gasteiger partial charge in [-0.15, -0.1) is 11.3 Å². The van der Waals surface area contributed by atoms with Gasteiger partial charge >= 0.3 is 0 Å². The Hall–Kier alpha value is -1.99. The van der Waals surface area contributed by atoms with Crippen LogP contribution < -0.4 is 0 Å². The van der Waals surface area contributed by atoms with Crippen LogP contribution in [0.4, 0.5) is 0 Å². The molecule has 26 heavy (non-hydrogen) atoms. The maximum absolute atomic E-state index is 11.0. The normalized spacial score (nSPS) is 17.6. The van der Waals surface area contributed by atoms with Gasteiger partial charge in [-0.2, -0.15) is 0 Å². The van der Waals surface area contributed by atoms with E-state index in [4.69, 9.17) is 5.11 Å². The second kappa shape index (κ2) is 7.72. The molecule has 0 aliphatic carbocycles. The fourth-order valence-corrected chi connectivity index (χ4v) is 4.61. The van der Waals surface area contributed by atoms with Gasteiger partial charge in [0.15, 0.2) is 0 Å². The molecule has 3 aromatic rings. The zero-order valence-electron chi connectivity index (χ0n) is 14.6. The molecule has 5 nitrogen and oxygen atoms in total. The van der Waals surface area contributed by atoms with Crippen LogP contribution in [0, 0.1) is 0 Å². The molecule has 2 aromatic heterocycles. The van der Waals surface area contributed by atoms with Crippen LogP contribution in [0.1, 0.15) is 16.5 Å². The van der Waals surface area contributed by atoms with E-state index < -0.39 is 0 Å². The van der Waals surface area contributed by atoms with E-state index in [0.29, 0.717) is 5.52 Å². The van der Waals surface area contributed by atoms with Crippen LogP contribution in [-0.4, -0.2) is 64.3 Å². The van der Waals surface area contributed by atoms with E-state index in [1.54, 1.807) is 17.5 Å². The number of piperazine rings is 1. The fraction of sp³-hybridized carbons (Fsp3) is 0.350. The van der Waals surface area contributed by atoms with Gasteiger partial charge in [0.25, 0.3) is 0 Å². The molecule has 3 heterocycles. The molecule has 1 saturated heterocycles. The van der Waals surface area contributed by atoms with Crippen LogP contribution in [0.2, 0.25) is 0 Å². The largest absolute Gasteiger partial charge is 0.505 e. The second-order valence-corrected chi connectivity index (χ2v) is 7.58. The lowest BCUT2D eigenvalue weighted by Gasteiger charge is -2.39. The highest BCUT2D eigenvalue weighted by Gasteiger charge is 2.29. The molecule has 1 fully saturated rings. The van der Waals surface area contributed by atoms with Crippen molar-refractivity contribution in [1.29, 1.82) is 0 Å². The van der Waals surface area contributed by atoms with Crippen molar-refractivity contribution in [2.45, 2.75) is 6.04 Å². The van der Waals surface area contributed by atoms with Gasteiger partial charge in [0.05, 0.1) is 12.6 Å². The number of β-amino-alcohol motifs (C(OH)–C–C–N with tert-alkyl or cyclic N) is 1. The van der Waals surface area contributed by atoms with E-state index in [-0.39, 0.29) is 18.4 Å². The number of aromatic hydroxyl groups is 1. The number of hydrogen-bond acceptors (Lipinski definition) is 6. The Morgan fingerprint density at radius 2 is 1.92 bits per heavy atom. The quantitative estimate of drug-likeness (QED) is 0.724. The lowest BCUT2D eigenvalue weighted by atomic mass is 9.99. The van der Waals surface area contributed by atoms with E-state index in [1.165, 1.54) is 4.88 Å². The van der Waals surface area contributed by atoms with Crippen LogP contribution in [0.5, 0.6) is 5.75 Å². The summed E-state index contributed by atoms with van der Waals surface area (Å²) in [7, 11) is 0. The first kappa shape index (κ1) is 17.4. The molecule has 0 bridgehead atoms. The molecule has 4 rings (SSSR count). The number of aromatic nitrogens is 1. The molecule has 0 unspecified atom stereocenters. The number of aliphatic hydroxyl groups is 1. The third kappa shape index (κ3) is 3.33. The summed E-state index contributed by atoms with van der Waals surface area (Å²) >= 11 is 1.72. The predicted molar refractivity (Wildman–Crippen MR) is 105 cm³/mol. The molecule has 1 aliphatic rings. The molecule has 1 aliphatic heterocycles. The highest BCUT2D eigenvalue weighted by molar-refractivity contribution is 7.10. The molecule has 1 aromatic carbocycles. The molecular formula is C20H23N3O2S. The number of pyridine rings is 1. The van der Waals surface area contributed by atoms with Gasteiger partial charge in [-0.3, -0.25) is 14.8 Å². The molecule has 136 valence electrons. The summed E-state index contributed by atoms with van der Waals surface area (Å²) in [5, 5.41) is 23.2. The number of nitrogens with zero attached hydrogens (tertiary/aromatic N) is 3. The van der Waals surface area contributed by atoms with E-state index in [0.717, 1.165) is 43.7 Å². The third-order valence-electron chi connectivity index (χ3n) is 5.07. The van der Waals surface area contributed by atoms with Crippen molar-refractivity contribution in [3.63, 3.8) is 0 Å². The van der Waals surface area contributed by atoms with Gasteiger partial charge in [-0.05, 0) is 17.5 Å². The van der Waals surface area contributed by atoms with E-state index in [2.05, 4.69) is 32.3 Å². The predicted octanol–water partition coefficient (Wildman–Crippen LogP) is 2.70. The van der Waals surface area contributed by atoms with Crippen molar-refractivity contribution >= 4 is 22.2 Å². The lowest BCUT2D eigenvalue weighted by Crippen LogP contribution is -2.48. The smallest absolute Gasteiger partial charge is 0.146 e. The average Bonchev–Trinajstić information content (AvgIpc) is 3.20. The van der Waals surface area contributed by atoms with E-state index in [9.17, 15) is 5.11 Å². The zero-order valence-corrected chi connectivity index (χ0v) is 15.4. The standard InChI is InChI=1S/C20H23N3O2S/c24-13-12-22-8-10-23(11-9-22)19(17-4-2-14-26-17)16-6-5-15-3-1-7-21-18(15)20(16)25/h1-7,14,19,24-25H,8-13H2/t19-/m0/s1. The summed E-state index contributed by atoms with van der Waals surface area (Å²) in [4.78, 5) is 10.3. The van der Waals surface area contributed by atoms with Gasteiger partial charge in [0.1, 0.15) is 11.3 Å². The summed E-state index contributed by atoms with van der Waals surface area (Å²) in [6, 6.07) is 12.2. The van der Waals surface area contributed by atoms with Crippen molar-refractivity contribution in [2.75, 3.05) is 39.3 Å². The van der Waals surface area contributed by atoms with Crippen LogP contribution in [0.15, 0.2) is 48.0 Å². The van der Waals surface area contributed by atoms with Crippen molar-refractivity contribution in [3.05, 3.63) is 58.4 Å². The number of fused-ring (bicyclic) bond motifs is 1. The topological polar surface area (TPSA) is 59.8 Å². The van der Waals surface area contributed by atoms with E-state index in [1.807, 2.05) is 24.3 Å². The van der Waals surface area contributed by atoms with Gasteiger partial charge in [0.2, 0.25) is 0 Å².